The van der Waals surface area contributed by atoms with E-state index in [1.807, 2.05) is 13.8 Å². The number of carbonyl (C=O) groups is 1. The van der Waals surface area contributed by atoms with Gasteiger partial charge in [0.25, 0.3) is 0 Å². The molecule has 1 aliphatic carbocycles. The molecule has 0 radical (unpaired) electrons. The zero-order valence-electron chi connectivity index (χ0n) is 12.8. The second kappa shape index (κ2) is 7.59. The Hall–Kier alpha value is 0.810. The summed E-state index contributed by atoms with van der Waals surface area (Å²) < 4.78 is 20.2. The van der Waals surface area contributed by atoms with Gasteiger partial charge >= 0.3 is 7.60 Å². The highest BCUT2D eigenvalue weighted by Gasteiger charge is 2.62. The average Bonchev–Trinajstić information content (AvgIpc) is 2.94. The van der Waals surface area contributed by atoms with Crippen molar-refractivity contribution in [3.05, 3.63) is 10.6 Å². The molecule has 0 heterocycles. The summed E-state index contributed by atoms with van der Waals surface area (Å²) in [6.45, 7) is 3.73. The van der Waals surface area contributed by atoms with Crippen molar-refractivity contribution >= 4 is 71.5 Å². The predicted molar refractivity (Wildman–Crippen MR) is 94.4 cm³/mol. The summed E-state index contributed by atoms with van der Waals surface area (Å²) in [6, 6.07) is 0. The molecule has 0 spiro atoms. The minimum Gasteiger partial charge on any atom is -0.338 e. The third kappa shape index (κ3) is 4.92. The van der Waals surface area contributed by atoms with Gasteiger partial charge in [-0.3, -0.25) is 9.36 Å². The molecule has 23 heavy (non-hydrogen) atoms. The van der Waals surface area contributed by atoms with Crippen molar-refractivity contribution in [1.82, 2.24) is 5.32 Å². The van der Waals surface area contributed by atoms with Crippen molar-refractivity contribution < 1.29 is 18.4 Å². The summed E-state index contributed by atoms with van der Waals surface area (Å²) in [4.78, 5) is 12.5. The fourth-order valence-corrected chi connectivity index (χ4v) is 5.20. The molecule has 0 saturated heterocycles. The molecule has 3 atom stereocenters. The SMILES string of the molecule is COP(=O)(OC)[C@H](NC(=O)[C@@H]1[C@@H](C=C(Cl)Cl)C1(C)C)C(Cl)(Cl)Cl. The van der Waals surface area contributed by atoms with E-state index >= 15 is 0 Å². The van der Waals surface area contributed by atoms with Gasteiger partial charge in [0.15, 0.2) is 5.78 Å². The van der Waals surface area contributed by atoms with Crippen LogP contribution < -0.4 is 5.32 Å². The zero-order chi connectivity index (χ0) is 18.2. The molecule has 134 valence electrons. The quantitative estimate of drug-likeness (QED) is 0.466. The lowest BCUT2D eigenvalue weighted by molar-refractivity contribution is -0.123. The van der Waals surface area contributed by atoms with Gasteiger partial charge in [-0.15, -0.1) is 0 Å². The number of hydrogen-bond acceptors (Lipinski definition) is 4. The van der Waals surface area contributed by atoms with Crippen LogP contribution in [0.25, 0.3) is 0 Å². The highest BCUT2D eigenvalue weighted by Crippen LogP contribution is 2.61. The van der Waals surface area contributed by atoms with Gasteiger partial charge in [0.2, 0.25) is 9.70 Å². The summed E-state index contributed by atoms with van der Waals surface area (Å²) in [7, 11) is -1.59. The van der Waals surface area contributed by atoms with Gasteiger partial charge in [0.05, 0.1) is 5.92 Å². The highest BCUT2D eigenvalue weighted by atomic mass is 35.6. The van der Waals surface area contributed by atoms with Gasteiger partial charge in [-0.05, 0) is 17.4 Å². The van der Waals surface area contributed by atoms with Crippen molar-refractivity contribution in [2.24, 2.45) is 17.3 Å². The van der Waals surface area contributed by atoms with E-state index in [-0.39, 0.29) is 15.8 Å². The Balaban J connectivity index is 3.01. The molecule has 1 fully saturated rings. The van der Waals surface area contributed by atoms with Crippen LogP contribution in [0.15, 0.2) is 10.6 Å². The minimum absolute atomic E-state index is 0.0655. The smallest absolute Gasteiger partial charge is 0.338 e. The normalized spacial score (nSPS) is 24.7. The standard InChI is InChI=1S/C12H17Cl5NO4P/c1-11(2)6(5-7(13)14)8(11)9(19)18-10(12(15,16)17)23(20,21-3)22-4/h5-6,8,10H,1-4H3,(H,18,19)/t6-,8+,10+/m1/s1. The van der Waals surface area contributed by atoms with E-state index in [0.717, 1.165) is 14.2 Å². The Kier molecular flexibility index (Phi) is 7.21. The molecule has 1 N–H and O–H groups in total. The maximum absolute atomic E-state index is 12.5. The molecule has 0 unspecified atom stereocenters. The molecule has 1 saturated carbocycles. The summed E-state index contributed by atoms with van der Waals surface area (Å²) in [6.07, 6.45) is 1.57. The molecule has 0 aliphatic heterocycles. The van der Waals surface area contributed by atoms with Gasteiger partial charge in [-0.1, -0.05) is 71.9 Å². The first-order valence-corrected chi connectivity index (χ1v) is 9.92. The van der Waals surface area contributed by atoms with Crippen molar-refractivity contribution in [1.29, 1.82) is 0 Å². The number of amides is 1. The molecule has 0 aromatic carbocycles. The van der Waals surface area contributed by atoms with Crippen LogP contribution in [-0.4, -0.2) is 29.7 Å². The maximum atomic E-state index is 12.5. The molecule has 0 aromatic heterocycles. The largest absolute Gasteiger partial charge is 0.356 e. The minimum atomic E-state index is -3.86. The van der Waals surface area contributed by atoms with Crippen LogP contribution in [0.3, 0.4) is 0 Å². The van der Waals surface area contributed by atoms with E-state index in [0.29, 0.717) is 0 Å². The molecule has 5 nitrogen and oxygen atoms in total. The van der Waals surface area contributed by atoms with Crippen LogP contribution in [0.1, 0.15) is 13.8 Å². The van der Waals surface area contributed by atoms with Gasteiger partial charge in [0, 0.05) is 14.2 Å². The second-order valence-electron chi connectivity index (χ2n) is 5.64. The highest BCUT2D eigenvalue weighted by molar-refractivity contribution is 7.55. The third-order valence-corrected chi connectivity index (χ3v) is 7.44. The Morgan fingerprint density at radius 1 is 1.26 bits per heavy atom. The molecular weight excluding hydrogens is 430 g/mol. The maximum Gasteiger partial charge on any atom is 0.356 e. The Labute approximate surface area is 160 Å². The number of hydrogen-bond donors (Lipinski definition) is 1. The monoisotopic (exact) mass is 445 g/mol. The summed E-state index contributed by atoms with van der Waals surface area (Å²) in [5.41, 5.74) is -0.388. The molecule has 11 heteroatoms. The number of nitrogens with one attached hydrogen (secondary N) is 1. The van der Waals surface area contributed by atoms with Gasteiger partial charge in [0.1, 0.15) is 4.49 Å². The predicted octanol–water partition coefficient (Wildman–Crippen LogP) is 4.88. The molecule has 1 amide bonds. The lowest BCUT2D eigenvalue weighted by Gasteiger charge is -2.30. The van der Waals surface area contributed by atoms with Crippen LogP contribution in [0.5, 0.6) is 0 Å². The lowest BCUT2D eigenvalue weighted by Crippen LogP contribution is -2.45. The number of halogens is 5. The topological polar surface area (TPSA) is 64.6 Å². The number of alkyl halides is 3. The van der Waals surface area contributed by atoms with E-state index < -0.39 is 29.0 Å². The van der Waals surface area contributed by atoms with Gasteiger partial charge in [-0.25, -0.2) is 0 Å². The summed E-state index contributed by atoms with van der Waals surface area (Å²) in [5, 5.41) is 2.46. The van der Waals surface area contributed by atoms with Crippen molar-refractivity contribution in [2.45, 2.75) is 23.4 Å². The van der Waals surface area contributed by atoms with Crippen molar-refractivity contribution in [3.63, 3.8) is 0 Å². The molecule has 0 aromatic rings. The zero-order valence-corrected chi connectivity index (χ0v) is 17.5. The first kappa shape index (κ1) is 21.9. The van der Waals surface area contributed by atoms with E-state index in [1.165, 1.54) is 0 Å². The van der Waals surface area contributed by atoms with Crippen LogP contribution >= 0.6 is 65.6 Å². The van der Waals surface area contributed by atoms with Crippen LogP contribution in [-0.2, 0) is 18.4 Å². The van der Waals surface area contributed by atoms with Crippen molar-refractivity contribution in [2.75, 3.05) is 14.2 Å². The fourth-order valence-electron chi connectivity index (χ4n) is 2.48. The summed E-state index contributed by atoms with van der Waals surface area (Å²) in [5.74, 6) is -2.58. The van der Waals surface area contributed by atoms with Crippen LogP contribution in [0, 0.1) is 17.3 Å². The molecular formula is C12H17Cl5NO4P. The van der Waals surface area contributed by atoms with E-state index in [9.17, 15) is 9.36 Å². The molecule has 1 rings (SSSR count). The van der Waals surface area contributed by atoms with Crippen molar-refractivity contribution in [3.8, 4) is 0 Å². The van der Waals surface area contributed by atoms with Crippen LogP contribution in [0.2, 0.25) is 0 Å². The Bertz CT molecular complexity index is 536. The fraction of sp³-hybridized carbons (Fsp3) is 0.750. The van der Waals surface area contributed by atoms with E-state index in [2.05, 4.69) is 5.32 Å². The Morgan fingerprint density at radius 2 is 1.74 bits per heavy atom. The molecule has 1 aliphatic rings. The van der Waals surface area contributed by atoms with E-state index in [1.54, 1.807) is 6.08 Å². The van der Waals surface area contributed by atoms with Gasteiger partial charge in [-0.2, -0.15) is 0 Å². The van der Waals surface area contributed by atoms with Crippen LogP contribution in [0.4, 0.5) is 0 Å². The Morgan fingerprint density at radius 3 is 2.09 bits per heavy atom. The van der Waals surface area contributed by atoms with E-state index in [4.69, 9.17) is 67.1 Å². The number of carbonyl (C=O) groups excluding carboxylic acids is 1. The lowest BCUT2D eigenvalue weighted by atomic mass is 10.1. The number of rotatable bonds is 6. The average molecular weight is 448 g/mol. The number of allylic oxidation sites excluding steroid dienone is 1. The molecule has 0 bridgehead atoms. The summed E-state index contributed by atoms with van der Waals surface area (Å²) >= 11 is 28.8. The first-order valence-electron chi connectivity index (χ1n) is 6.42. The second-order valence-corrected chi connectivity index (χ2v) is 11.3. The third-order valence-electron chi connectivity index (χ3n) is 3.91. The van der Waals surface area contributed by atoms with Gasteiger partial charge < -0.3 is 14.4 Å². The first-order chi connectivity index (χ1) is 10.3.